The van der Waals surface area contributed by atoms with Crippen LogP contribution >= 0.6 is 11.6 Å². The third-order valence-electron chi connectivity index (χ3n) is 2.46. The molecule has 1 unspecified atom stereocenters. The van der Waals surface area contributed by atoms with Crippen LogP contribution in [0.3, 0.4) is 0 Å². The van der Waals surface area contributed by atoms with Gasteiger partial charge in [-0.15, -0.1) is 0 Å². The van der Waals surface area contributed by atoms with Gasteiger partial charge in [0.05, 0.1) is 11.6 Å². The van der Waals surface area contributed by atoms with Crippen LogP contribution in [0.2, 0.25) is 5.02 Å². The molecule has 0 aromatic heterocycles. The number of hydrogen-bond donors (Lipinski definition) is 2. The summed E-state index contributed by atoms with van der Waals surface area (Å²) in [4.78, 5) is 22.2. The van der Waals surface area contributed by atoms with E-state index in [4.69, 9.17) is 21.4 Å². The molecule has 0 radical (unpaired) electrons. The number of hydrogen-bond acceptors (Lipinski definition) is 3. The zero-order chi connectivity index (χ0) is 12.6. The Kier molecular flexibility index (Phi) is 2.66. The van der Waals surface area contributed by atoms with Crippen LogP contribution in [0.25, 0.3) is 0 Å². The largest absolute Gasteiger partial charge is 0.478 e. The van der Waals surface area contributed by atoms with Crippen molar-refractivity contribution in [3.63, 3.8) is 0 Å². The van der Waals surface area contributed by atoms with Crippen LogP contribution in [0, 0.1) is 5.82 Å². The summed E-state index contributed by atoms with van der Waals surface area (Å²) >= 11 is 5.77. The fraction of sp³-hybridized carbons (Fsp3) is 0.200. The molecule has 0 spiro atoms. The van der Waals surface area contributed by atoms with Crippen molar-refractivity contribution in [2.75, 3.05) is 6.54 Å². The molecule has 0 saturated carbocycles. The Hall–Kier alpha value is -1.82. The summed E-state index contributed by atoms with van der Waals surface area (Å²) in [6.07, 6.45) is -0.854. The van der Waals surface area contributed by atoms with E-state index in [9.17, 15) is 14.0 Å². The first-order valence-electron chi connectivity index (χ1n) is 4.61. The highest BCUT2D eigenvalue weighted by Gasteiger charge is 2.50. The minimum Gasteiger partial charge on any atom is -0.478 e. The first kappa shape index (κ1) is 11.7. The Labute approximate surface area is 100 Å². The Balaban J connectivity index is 2.54. The molecule has 1 aromatic carbocycles. The number of amides is 1. The molecule has 0 aliphatic carbocycles. The lowest BCUT2D eigenvalue weighted by Crippen LogP contribution is -2.39. The molecule has 7 heteroatoms. The standard InChI is InChI=1S/C10H7ClFNO4/c11-7-3-5(12)1-2-6(7)10(8(14)15)4-13-9(16)17-10/h1-3H,4H2,(H,13,16)(H,14,15). The van der Waals surface area contributed by atoms with Crippen LogP contribution in [0.4, 0.5) is 9.18 Å². The van der Waals surface area contributed by atoms with Gasteiger partial charge < -0.3 is 15.2 Å². The van der Waals surface area contributed by atoms with Crippen LogP contribution in [0.1, 0.15) is 5.56 Å². The summed E-state index contributed by atoms with van der Waals surface area (Å²) in [6.45, 7) is -0.257. The van der Waals surface area contributed by atoms with Gasteiger partial charge in [0.25, 0.3) is 5.60 Å². The average Bonchev–Trinajstić information content (AvgIpc) is 2.61. The van der Waals surface area contributed by atoms with Crippen LogP contribution < -0.4 is 5.32 Å². The fourth-order valence-electron chi connectivity index (χ4n) is 1.63. The molecule has 1 amide bonds. The topological polar surface area (TPSA) is 75.6 Å². The number of alkyl carbamates (subject to hydrolysis) is 1. The van der Waals surface area contributed by atoms with Gasteiger partial charge >= 0.3 is 12.1 Å². The Morgan fingerprint density at radius 3 is 2.76 bits per heavy atom. The van der Waals surface area contributed by atoms with E-state index in [1.54, 1.807) is 0 Å². The van der Waals surface area contributed by atoms with Gasteiger partial charge in [-0.05, 0) is 18.2 Å². The van der Waals surface area contributed by atoms with E-state index in [1.165, 1.54) is 6.07 Å². The molecule has 1 aliphatic heterocycles. The molecule has 0 bridgehead atoms. The molecule has 1 fully saturated rings. The number of nitrogens with one attached hydrogen (secondary N) is 1. The van der Waals surface area contributed by atoms with Gasteiger partial charge in [0, 0.05) is 5.56 Å². The maximum atomic E-state index is 12.9. The molecule has 2 rings (SSSR count). The average molecular weight is 260 g/mol. The second-order valence-electron chi connectivity index (χ2n) is 3.50. The molecular formula is C10H7ClFNO4. The summed E-state index contributed by atoms with van der Waals surface area (Å²) < 4.78 is 17.6. The summed E-state index contributed by atoms with van der Waals surface area (Å²) in [5.74, 6) is -1.97. The summed E-state index contributed by atoms with van der Waals surface area (Å²) in [5.41, 5.74) is -1.87. The van der Waals surface area contributed by atoms with Crippen molar-refractivity contribution in [3.8, 4) is 0 Å². The van der Waals surface area contributed by atoms with E-state index in [1.807, 2.05) is 0 Å². The number of aliphatic carboxylic acids is 1. The first-order valence-corrected chi connectivity index (χ1v) is 4.99. The summed E-state index contributed by atoms with van der Waals surface area (Å²) in [7, 11) is 0. The lowest BCUT2D eigenvalue weighted by molar-refractivity contribution is -0.155. The quantitative estimate of drug-likeness (QED) is 0.844. The molecule has 17 heavy (non-hydrogen) atoms. The number of carboxylic acid groups (broad SMARTS) is 1. The van der Waals surface area contributed by atoms with Gasteiger partial charge in [0.2, 0.25) is 0 Å². The highest BCUT2D eigenvalue weighted by atomic mass is 35.5. The minimum atomic E-state index is -1.90. The maximum Gasteiger partial charge on any atom is 0.408 e. The molecule has 1 atom stereocenters. The van der Waals surface area contributed by atoms with Crippen LogP contribution in [-0.2, 0) is 15.1 Å². The van der Waals surface area contributed by atoms with Crippen molar-refractivity contribution in [1.82, 2.24) is 5.32 Å². The molecular weight excluding hydrogens is 253 g/mol. The monoisotopic (exact) mass is 259 g/mol. The predicted molar refractivity (Wildman–Crippen MR) is 55.2 cm³/mol. The smallest absolute Gasteiger partial charge is 0.408 e. The third kappa shape index (κ3) is 1.80. The normalized spacial score (nSPS) is 23.1. The van der Waals surface area contributed by atoms with Gasteiger partial charge in [0.15, 0.2) is 0 Å². The fourth-order valence-corrected chi connectivity index (χ4v) is 1.95. The Morgan fingerprint density at radius 1 is 1.59 bits per heavy atom. The molecule has 2 N–H and O–H groups in total. The minimum absolute atomic E-state index is 0.0337. The lowest BCUT2D eigenvalue weighted by atomic mass is 9.94. The van der Waals surface area contributed by atoms with E-state index in [0.29, 0.717) is 0 Å². The van der Waals surface area contributed by atoms with Crippen molar-refractivity contribution in [3.05, 3.63) is 34.6 Å². The van der Waals surface area contributed by atoms with Crippen LogP contribution in [-0.4, -0.2) is 23.7 Å². The van der Waals surface area contributed by atoms with Crippen molar-refractivity contribution in [2.24, 2.45) is 0 Å². The number of carbonyl (C=O) groups excluding carboxylic acids is 1. The van der Waals surface area contributed by atoms with Crippen molar-refractivity contribution >= 4 is 23.7 Å². The highest BCUT2D eigenvalue weighted by molar-refractivity contribution is 6.31. The molecule has 1 aromatic rings. The molecule has 1 heterocycles. The third-order valence-corrected chi connectivity index (χ3v) is 2.77. The number of carbonyl (C=O) groups is 2. The number of carboxylic acids is 1. The van der Waals surface area contributed by atoms with E-state index >= 15 is 0 Å². The zero-order valence-electron chi connectivity index (χ0n) is 8.37. The van der Waals surface area contributed by atoms with Gasteiger partial charge in [0.1, 0.15) is 5.82 Å². The number of rotatable bonds is 2. The first-order chi connectivity index (χ1) is 7.95. The molecule has 1 saturated heterocycles. The van der Waals surface area contributed by atoms with Gasteiger partial charge in [-0.2, -0.15) is 0 Å². The van der Waals surface area contributed by atoms with Crippen LogP contribution in [0.5, 0.6) is 0 Å². The van der Waals surface area contributed by atoms with E-state index in [2.05, 4.69) is 5.32 Å². The molecule has 5 nitrogen and oxygen atoms in total. The Morgan fingerprint density at radius 2 is 2.29 bits per heavy atom. The number of cyclic esters (lactones) is 1. The van der Waals surface area contributed by atoms with Crippen molar-refractivity contribution < 1.29 is 23.8 Å². The van der Waals surface area contributed by atoms with E-state index in [0.717, 1.165) is 12.1 Å². The maximum absolute atomic E-state index is 12.9. The van der Waals surface area contributed by atoms with Gasteiger partial charge in [-0.1, -0.05) is 11.6 Å². The van der Waals surface area contributed by atoms with Crippen molar-refractivity contribution in [1.29, 1.82) is 0 Å². The molecule has 90 valence electrons. The van der Waals surface area contributed by atoms with Gasteiger partial charge in [-0.25, -0.2) is 14.0 Å². The van der Waals surface area contributed by atoms with E-state index < -0.39 is 23.5 Å². The molecule has 1 aliphatic rings. The van der Waals surface area contributed by atoms with Gasteiger partial charge in [-0.3, -0.25) is 0 Å². The Bertz CT molecular complexity index is 507. The number of benzene rings is 1. The predicted octanol–water partition coefficient (Wildman–Crippen LogP) is 1.50. The zero-order valence-corrected chi connectivity index (χ0v) is 9.12. The second kappa shape index (κ2) is 3.89. The number of halogens is 2. The summed E-state index contributed by atoms with van der Waals surface area (Å²) in [6, 6.07) is 3.21. The summed E-state index contributed by atoms with van der Waals surface area (Å²) in [5, 5.41) is 11.3. The van der Waals surface area contributed by atoms with E-state index in [-0.39, 0.29) is 17.1 Å². The number of ether oxygens (including phenoxy) is 1. The van der Waals surface area contributed by atoms with Crippen molar-refractivity contribution in [2.45, 2.75) is 5.60 Å². The lowest BCUT2D eigenvalue weighted by Gasteiger charge is -2.22. The van der Waals surface area contributed by atoms with Crippen LogP contribution in [0.15, 0.2) is 18.2 Å². The highest BCUT2D eigenvalue weighted by Crippen LogP contribution is 2.34. The second-order valence-corrected chi connectivity index (χ2v) is 3.91. The SMILES string of the molecule is O=C1NCC(C(=O)O)(c2ccc(F)cc2Cl)O1.